The highest BCUT2D eigenvalue weighted by atomic mass is 16.2. The Hall–Kier alpha value is -2.67. The van der Waals surface area contributed by atoms with E-state index in [4.69, 9.17) is 5.26 Å². The van der Waals surface area contributed by atoms with Gasteiger partial charge in [0.25, 0.3) is 0 Å². The summed E-state index contributed by atoms with van der Waals surface area (Å²) in [4.78, 5) is 16.6. The van der Waals surface area contributed by atoms with Crippen LogP contribution in [0, 0.1) is 16.7 Å². The van der Waals surface area contributed by atoms with Crippen LogP contribution in [0.15, 0.2) is 48.7 Å². The third kappa shape index (κ3) is 4.16. The molecule has 0 unspecified atom stereocenters. The molecule has 112 valence electrons. The Morgan fingerprint density at radius 1 is 1.23 bits per heavy atom. The zero-order valence-electron chi connectivity index (χ0n) is 12.8. The molecule has 0 saturated heterocycles. The zero-order valence-corrected chi connectivity index (χ0v) is 12.8. The van der Waals surface area contributed by atoms with Crippen LogP contribution in [0.2, 0.25) is 0 Å². The van der Waals surface area contributed by atoms with Crippen molar-refractivity contribution in [1.29, 1.82) is 5.26 Å². The van der Waals surface area contributed by atoms with Gasteiger partial charge in [0.2, 0.25) is 5.91 Å². The van der Waals surface area contributed by atoms with E-state index in [-0.39, 0.29) is 5.91 Å². The number of nitrogens with one attached hydrogen (secondary N) is 1. The van der Waals surface area contributed by atoms with Gasteiger partial charge in [0.05, 0.1) is 23.9 Å². The number of carbonyl (C=O) groups is 1. The second-order valence-electron chi connectivity index (χ2n) is 5.87. The number of hydrogen-bond donors (Lipinski definition) is 1. The van der Waals surface area contributed by atoms with Crippen molar-refractivity contribution in [3.05, 3.63) is 65.5 Å². The standard InChI is InChI=1S/C18H19N3O/c1-18(2,11-14-6-8-15(12-19)9-7-14)17(22)21-13-16-5-3-4-10-20-16/h3-10H,11,13H2,1-2H3,(H,21,22). The molecular weight excluding hydrogens is 274 g/mol. The maximum Gasteiger partial charge on any atom is 0.226 e. The smallest absolute Gasteiger partial charge is 0.226 e. The molecule has 1 amide bonds. The molecule has 22 heavy (non-hydrogen) atoms. The summed E-state index contributed by atoms with van der Waals surface area (Å²) in [5.74, 6) is -0.0116. The lowest BCUT2D eigenvalue weighted by molar-refractivity contribution is -0.129. The van der Waals surface area contributed by atoms with Crippen molar-refractivity contribution in [1.82, 2.24) is 10.3 Å². The van der Waals surface area contributed by atoms with Crippen LogP contribution < -0.4 is 5.32 Å². The average Bonchev–Trinajstić information content (AvgIpc) is 2.54. The molecule has 0 spiro atoms. The second-order valence-corrected chi connectivity index (χ2v) is 5.87. The van der Waals surface area contributed by atoms with Crippen molar-refractivity contribution >= 4 is 5.91 Å². The second kappa shape index (κ2) is 6.86. The van der Waals surface area contributed by atoms with Crippen molar-refractivity contribution in [3.8, 4) is 6.07 Å². The fraction of sp³-hybridized carbons (Fsp3) is 0.278. The van der Waals surface area contributed by atoms with E-state index in [1.54, 1.807) is 18.3 Å². The molecule has 0 aliphatic heterocycles. The van der Waals surface area contributed by atoms with E-state index in [9.17, 15) is 4.79 Å². The Morgan fingerprint density at radius 3 is 2.55 bits per heavy atom. The number of aromatic nitrogens is 1. The Bertz CT molecular complexity index is 670. The average molecular weight is 293 g/mol. The third-order valence-electron chi connectivity index (χ3n) is 3.50. The highest BCUT2D eigenvalue weighted by Gasteiger charge is 2.27. The maximum atomic E-state index is 12.4. The Labute approximate surface area is 130 Å². The number of pyridine rings is 1. The van der Waals surface area contributed by atoms with Crippen LogP contribution in [-0.4, -0.2) is 10.9 Å². The minimum absolute atomic E-state index is 0.0116. The van der Waals surface area contributed by atoms with Crippen LogP contribution in [0.5, 0.6) is 0 Å². The van der Waals surface area contributed by atoms with E-state index in [2.05, 4.69) is 16.4 Å². The highest BCUT2D eigenvalue weighted by molar-refractivity contribution is 5.82. The van der Waals surface area contributed by atoms with Crippen LogP contribution >= 0.6 is 0 Å². The Balaban J connectivity index is 1.96. The van der Waals surface area contributed by atoms with Crippen molar-refractivity contribution in [2.75, 3.05) is 0 Å². The monoisotopic (exact) mass is 293 g/mol. The molecule has 2 rings (SSSR count). The van der Waals surface area contributed by atoms with Gasteiger partial charge in [-0.15, -0.1) is 0 Å². The summed E-state index contributed by atoms with van der Waals surface area (Å²) < 4.78 is 0. The molecule has 4 heteroatoms. The molecule has 1 N–H and O–H groups in total. The summed E-state index contributed by atoms with van der Waals surface area (Å²) in [7, 11) is 0. The van der Waals surface area contributed by atoms with Crippen LogP contribution in [0.25, 0.3) is 0 Å². The van der Waals surface area contributed by atoms with Crippen LogP contribution in [0.3, 0.4) is 0 Å². The van der Waals surface area contributed by atoms with Gasteiger partial charge in [0.1, 0.15) is 0 Å². The van der Waals surface area contributed by atoms with Gasteiger partial charge in [0, 0.05) is 11.6 Å². The summed E-state index contributed by atoms with van der Waals surface area (Å²) in [5, 5.41) is 11.7. The van der Waals surface area contributed by atoms with Crippen LogP contribution in [0.4, 0.5) is 0 Å². The molecular formula is C18H19N3O. The summed E-state index contributed by atoms with van der Waals surface area (Å²) in [6, 6.07) is 15.1. The van der Waals surface area contributed by atoms with Crippen LogP contribution in [0.1, 0.15) is 30.7 Å². The zero-order chi connectivity index (χ0) is 16.0. The summed E-state index contributed by atoms with van der Waals surface area (Å²) in [5.41, 5.74) is 1.98. The molecule has 1 aromatic heterocycles. The minimum Gasteiger partial charge on any atom is -0.350 e. The number of nitriles is 1. The topological polar surface area (TPSA) is 65.8 Å². The fourth-order valence-corrected chi connectivity index (χ4v) is 2.20. The lowest BCUT2D eigenvalue weighted by Gasteiger charge is -2.23. The molecule has 2 aromatic rings. The van der Waals surface area contributed by atoms with Gasteiger partial charge in [0.15, 0.2) is 0 Å². The first-order chi connectivity index (χ1) is 10.5. The fourth-order valence-electron chi connectivity index (χ4n) is 2.20. The van der Waals surface area contributed by atoms with E-state index in [1.807, 2.05) is 44.2 Å². The van der Waals surface area contributed by atoms with E-state index < -0.39 is 5.41 Å². The first-order valence-electron chi connectivity index (χ1n) is 7.18. The number of nitrogens with zero attached hydrogens (tertiary/aromatic N) is 2. The van der Waals surface area contributed by atoms with Gasteiger partial charge >= 0.3 is 0 Å². The lowest BCUT2D eigenvalue weighted by Crippen LogP contribution is -2.38. The Kier molecular flexibility index (Phi) is 4.90. The maximum absolute atomic E-state index is 12.4. The molecule has 0 atom stereocenters. The molecule has 0 aliphatic rings. The van der Waals surface area contributed by atoms with Crippen molar-refractivity contribution in [2.24, 2.45) is 5.41 Å². The molecule has 0 fully saturated rings. The number of amides is 1. The molecule has 4 nitrogen and oxygen atoms in total. The predicted octanol–water partition coefficient (Wildman–Crippen LogP) is 2.84. The van der Waals surface area contributed by atoms with Gasteiger partial charge < -0.3 is 5.32 Å². The van der Waals surface area contributed by atoms with Gasteiger partial charge in [-0.2, -0.15) is 5.26 Å². The molecule has 0 aliphatic carbocycles. The Morgan fingerprint density at radius 2 is 1.95 bits per heavy atom. The summed E-state index contributed by atoms with van der Waals surface area (Å²) in [6.45, 7) is 4.26. The number of rotatable bonds is 5. The first kappa shape index (κ1) is 15.7. The number of carbonyl (C=O) groups excluding carboxylic acids is 1. The van der Waals surface area contributed by atoms with E-state index in [0.717, 1.165) is 11.3 Å². The van der Waals surface area contributed by atoms with Gasteiger partial charge in [-0.25, -0.2) is 0 Å². The van der Waals surface area contributed by atoms with E-state index >= 15 is 0 Å². The third-order valence-corrected chi connectivity index (χ3v) is 3.50. The van der Waals surface area contributed by atoms with Gasteiger partial charge in [-0.05, 0) is 36.2 Å². The predicted molar refractivity (Wildman–Crippen MR) is 84.7 cm³/mol. The molecule has 1 aromatic carbocycles. The SMILES string of the molecule is CC(C)(Cc1ccc(C#N)cc1)C(=O)NCc1ccccn1. The minimum atomic E-state index is -0.525. The van der Waals surface area contributed by atoms with Gasteiger partial charge in [-0.1, -0.05) is 32.0 Å². The quantitative estimate of drug-likeness (QED) is 0.921. The van der Waals surface area contributed by atoms with Crippen molar-refractivity contribution in [3.63, 3.8) is 0 Å². The van der Waals surface area contributed by atoms with Crippen molar-refractivity contribution in [2.45, 2.75) is 26.8 Å². The first-order valence-corrected chi connectivity index (χ1v) is 7.18. The summed E-state index contributed by atoms with van der Waals surface area (Å²) >= 11 is 0. The lowest BCUT2D eigenvalue weighted by atomic mass is 9.84. The molecule has 1 heterocycles. The number of hydrogen-bond acceptors (Lipinski definition) is 3. The molecule has 0 radical (unpaired) electrons. The normalized spacial score (nSPS) is 10.8. The van der Waals surface area contributed by atoms with E-state index in [1.165, 1.54) is 0 Å². The van der Waals surface area contributed by atoms with E-state index in [0.29, 0.717) is 18.5 Å². The molecule has 0 saturated carbocycles. The van der Waals surface area contributed by atoms with Crippen molar-refractivity contribution < 1.29 is 4.79 Å². The summed E-state index contributed by atoms with van der Waals surface area (Å²) in [6.07, 6.45) is 2.33. The number of benzene rings is 1. The molecule has 0 bridgehead atoms. The van der Waals surface area contributed by atoms with Gasteiger partial charge in [-0.3, -0.25) is 9.78 Å². The largest absolute Gasteiger partial charge is 0.350 e. The van der Waals surface area contributed by atoms with Crippen LogP contribution in [-0.2, 0) is 17.8 Å². The highest BCUT2D eigenvalue weighted by Crippen LogP contribution is 2.22.